The van der Waals surface area contributed by atoms with Crippen molar-refractivity contribution in [1.29, 1.82) is 0 Å². The van der Waals surface area contributed by atoms with E-state index in [1.54, 1.807) is 18.2 Å². The van der Waals surface area contributed by atoms with Crippen LogP contribution in [0.5, 0.6) is 11.5 Å². The van der Waals surface area contributed by atoms with Gasteiger partial charge in [0.05, 0.1) is 32.3 Å². The fraction of sp³-hybridized carbons (Fsp3) is 0.304. The molecule has 7 nitrogen and oxygen atoms in total. The number of imide groups is 1. The van der Waals surface area contributed by atoms with E-state index in [0.29, 0.717) is 23.5 Å². The molecule has 1 heterocycles. The van der Waals surface area contributed by atoms with Crippen molar-refractivity contribution < 1.29 is 28.9 Å². The highest BCUT2D eigenvalue weighted by atomic mass is 16.6. The summed E-state index contributed by atoms with van der Waals surface area (Å²) in [7, 11) is 2.99. The van der Waals surface area contributed by atoms with Crippen LogP contribution in [0.1, 0.15) is 17.2 Å². The summed E-state index contributed by atoms with van der Waals surface area (Å²) < 4.78 is 15.6. The van der Waals surface area contributed by atoms with Crippen LogP contribution in [0.2, 0.25) is 0 Å². The van der Waals surface area contributed by atoms with Crippen molar-refractivity contribution in [3.63, 3.8) is 0 Å². The maximum absolute atomic E-state index is 13.2. The van der Waals surface area contributed by atoms with Gasteiger partial charge in [-0.1, -0.05) is 42.5 Å². The molecule has 2 amide bonds. The number of ether oxygens (including phenoxy) is 3. The first-order chi connectivity index (χ1) is 14.5. The lowest BCUT2D eigenvalue weighted by atomic mass is 9.93. The fourth-order valence-corrected chi connectivity index (χ4v) is 3.54. The van der Waals surface area contributed by atoms with Crippen molar-refractivity contribution in [2.45, 2.75) is 18.6 Å². The summed E-state index contributed by atoms with van der Waals surface area (Å²) in [5, 5.41) is 10.9. The zero-order valence-electron chi connectivity index (χ0n) is 17.0. The number of hydrogen-bond acceptors (Lipinski definition) is 6. The van der Waals surface area contributed by atoms with E-state index in [0.717, 1.165) is 10.5 Å². The number of methoxy groups -OCH3 is 2. The molecule has 30 heavy (non-hydrogen) atoms. The summed E-state index contributed by atoms with van der Waals surface area (Å²) in [6.45, 7) is 3.80. The topological polar surface area (TPSA) is 85.3 Å². The number of aliphatic hydroxyl groups is 1. The Labute approximate surface area is 175 Å². The van der Waals surface area contributed by atoms with E-state index in [2.05, 4.69) is 6.58 Å². The highest BCUT2D eigenvalue weighted by Gasteiger charge is 2.42. The van der Waals surface area contributed by atoms with Crippen molar-refractivity contribution in [3.05, 3.63) is 72.3 Å². The predicted octanol–water partition coefficient (Wildman–Crippen LogP) is 3.13. The van der Waals surface area contributed by atoms with Gasteiger partial charge in [0.15, 0.2) is 11.5 Å². The molecule has 2 aromatic rings. The fourth-order valence-electron chi connectivity index (χ4n) is 3.54. The average Bonchev–Trinajstić information content (AvgIpc) is 3.13. The molecule has 0 bridgehead atoms. The van der Waals surface area contributed by atoms with Crippen LogP contribution in [0.25, 0.3) is 0 Å². The van der Waals surface area contributed by atoms with Crippen molar-refractivity contribution >= 4 is 12.0 Å². The first-order valence-electron chi connectivity index (χ1n) is 9.56. The van der Waals surface area contributed by atoms with Crippen molar-refractivity contribution in [1.82, 2.24) is 4.90 Å². The zero-order valence-corrected chi connectivity index (χ0v) is 17.0. The second kappa shape index (κ2) is 9.45. The van der Waals surface area contributed by atoms with Crippen LogP contribution in [0, 0.1) is 5.92 Å². The molecule has 0 aromatic heterocycles. The third-order valence-electron chi connectivity index (χ3n) is 5.14. The van der Waals surface area contributed by atoms with Gasteiger partial charge >= 0.3 is 6.09 Å². The Morgan fingerprint density at radius 1 is 1.23 bits per heavy atom. The van der Waals surface area contributed by atoms with Crippen LogP contribution in [-0.2, 0) is 16.0 Å². The standard InChI is InChI=1S/C23H25NO6/c1-4-18(21(25)16-10-11-19(28-2)20(13-16)29-3)22(26)24-17(14-30-23(24)27)12-15-8-6-5-7-9-15/h4-11,13,17-18,21,25H,1,12,14H2,2-3H3/t17-,18-,21+/m0/s1. The van der Waals surface area contributed by atoms with Gasteiger partial charge in [-0.3, -0.25) is 4.79 Å². The summed E-state index contributed by atoms with van der Waals surface area (Å²) >= 11 is 0. The summed E-state index contributed by atoms with van der Waals surface area (Å²) in [5.74, 6) is -0.671. The third kappa shape index (κ3) is 4.31. The molecule has 0 radical (unpaired) electrons. The molecule has 1 fully saturated rings. The van der Waals surface area contributed by atoms with Gasteiger partial charge in [-0.05, 0) is 29.7 Å². The minimum Gasteiger partial charge on any atom is -0.493 e. The summed E-state index contributed by atoms with van der Waals surface area (Å²) in [5.41, 5.74) is 1.42. The number of cyclic esters (lactones) is 1. The molecule has 0 unspecified atom stereocenters. The van der Waals surface area contributed by atoms with Crippen LogP contribution >= 0.6 is 0 Å². The van der Waals surface area contributed by atoms with Crippen molar-refractivity contribution in [2.24, 2.45) is 5.92 Å². The number of benzene rings is 2. The molecule has 2 aromatic carbocycles. The van der Waals surface area contributed by atoms with Crippen LogP contribution in [-0.4, -0.2) is 48.9 Å². The SMILES string of the molecule is C=C[C@H](C(=O)N1C(=O)OC[C@@H]1Cc1ccccc1)[C@H](O)c1ccc(OC)c(OC)c1. The Morgan fingerprint density at radius 2 is 1.93 bits per heavy atom. The molecule has 1 N–H and O–H groups in total. The summed E-state index contributed by atoms with van der Waals surface area (Å²) in [6.07, 6.45) is -0.128. The third-order valence-corrected chi connectivity index (χ3v) is 5.14. The van der Waals surface area contributed by atoms with Crippen molar-refractivity contribution in [3.8, 4) is 11.5 Å². The smallest absolute Gasteiger partial charge is 0.417 e. The molecule has 0 aliphatic carbocycles. The highest BCUT2D eigenvalue weighted by Crippen LogP contribution is 2.34. The largest absolute Gasteiger partial charge is 0.493 e. The molecular formula is C23H25NO6. The van der Waals surface area contributed by atoms with E-state index in [-0.39, 0.29) is 6.61 Å². The molecular weight excluding hydrogens is 386 g/mol. The van der Waals surface area contributed by atoms with E-state index >= 15 is 0 Å². The van der Waals surface area contributed by atoms with Gasteiger partial charge in [0.25, 0.3) is 0 Å². The number of rotatable bonds is 8. The number of aliphatic hydroxyl groups excluding tert-OH is 1. The summed E-state index contributed by atoms with van der Waals surface area (Å²) in [6, 6.07) is 14.0. The molecule has 1 aliphatic heterocycles. The predicted molar refractivity (Wildman–Crippen MR) is 110 cm³/mol. The molecule has 0 spiro atoms. The second-order valence-electron chi connectivity index (χ2n) is 6.95. The Bertz CT molecular complexity index is 913. The molecule has 158 valence electrons. The minimum atomic E-state index is -1.22. The van der Waals surface area contributed by atoms with Crippen LogP contribution < -0.4 is 9.47 Å². The van der Waals surface area contributed by atoms with E-state index in [1.165, 1.54) is 20.3 Å². The lowest BCUT2D eigenvalue weighted by molar-refractivity contribution is -0.135. The van der Waals surface area contributed by atoms with Crippen molar-refractivity contribution in [2.75, 3.05) is 20.8 Å². The number of hydrogen-bond donors (Lipinski definition) is 1. The van der Waals surface area contributed by atoms with Gasteiger partial charge in [0.1, 0.15) is 6.61 Å². The lowest BCUT2D eigenvalue weighted by Gasteiger charge is -2.26. The first kappa shape index (κ1) is 21.4. The van der Waals surface area contributed by atoms with E-state index < -0.39 is 30.1 Å². The Hall–Kier alpha value is -3.32. The number of amides is 2. The lowest BCUT2D eigenvalue weighted by Crippen LogP contribution is -2.44. The molecule has 1 aliphatic rings. The van der Waals surface area contributed by atoms with Crippen LogP contribution in [0.15, 0.2) is 61.2 Å². The van der Waals surface area contributed by atoms with Gasteiger partial charge < -0.3 is 19.3 Å². The quantitative estimate of drug-likeness (QED) is 0.672. The molecule has 3 atom stereocenters. The van der Waals surface area contributed by atoms with Crippen LogP contribution in [0.3, 0.4) is 0 Å². The normalized spacial score (nSPS) is 17.8. The highest BCUT2D eigenvalue weighted by molar-refractivity contribution is 5.96. The zero-order chi connectivity index (χ0) is 21.7. The van der Waals surface area contributed by atoms with Gasteiger partial charge in [-0.25, -0.2) is 9.69 Å². The monoisotopic (exact) mass is 411 g/mol. The van der Waals surface area contributed by atoms with E-state index in [4.69, 9.17) is 14.2 Å². The van der Waals surface area contributed by atoms with Gasteiger partial charge in [-0.2, -0.15) is 0 Å². The van der Waals surface area contributed by atoms with E-state index in [9.17, 15) is 14.7 Å². The Morgan fingerprint density at radius 3 is 2.57 bits per heavy atom. The first-order valence-corrected chi connectivity index (χ1v) is 9.56. The Balaban J connectivity index is 1.83. The molecule has 1 saturated heterocycles. The minimum absolute atomic E-state index is 0.107. The van der Waals surface area contributed by atoms with Gasteiger partial charge in [0.2, 0.25) is 5.91 Å². The second-order valence-corrected chi connectivity index (χ2v) is 6.95. The van der Waals surface area contributed by atoms with Crippen LogP contribution in [0.4, 0.5) is 4.79 Å². The number of nitrogens with zero attached hydrogens (tertiary/aromatic N) is 1. The number of carbonyl (C=O) groups excluding carboxylic acids is 2. The summed E-state index contributed by atoms with van der Waals surface area (Å²) in [4.78, 5) is 26.6. The Kier molecular flexibility index (Phi) is 6.74. The maximum Gasteiger partial charge on any atom is 0.417 e. The number of carbonyl (C=O) groups is 2. The molecule has 3 rings (SSSR count). The molecule has 7 heteroatoms. The average molecular weight is 411 g/mol. The maximum atomic E-state index is 13.2. The van der Waals surface area contributed by atoms with Gasteiger partial charge in [0, 0.05) is 0 Å². The van der Waals surface area contributed by atoms with E-state index in [1.807, 2.05) is 30.3 Å². The van der Waals surface area contributed by atoms with Gasteiger partial charge in [-0.15, -0.1) is 6.58 Å². The molecule has 0 saturated carbocycles.